The number of carbonyl (C=O) groups is 1. The van der Waals surface area contributed by atoms with E-state index in [4.69, 9.17) is 0 Å². The van der Waals surface area contributed by atoms with Gasteiger partial charge in [-0.15, -0.1) is 0 Å². The molecule has 12 heavy (non-hydrogen) atoms. The van der Waals surface area contributed by atoms with Crippen molar-refractivity contribution in [1.82, 2.24) is 0 Å². The van der Waals surface area contributed by atoms with Crippen LogP contribution in [0.15, 0.2) is 24.8 Å². The molecule has 3 heteroatoms. The van der Waals surface area contributed by atoms with Crippen LogP contribution >= 0.6 is 0 Å². The van der Waals surface area contributed by atoms with E-state index >= 15 is 0 Å². The van der Waals surface area contributed by atoms with Gasteiger partial charge in [0.2, 0.25) is 0 Å². The molecule has 0 aliphatic carbocycles. The van der Waals surface area contributed by atoms with Crippen molar-refractivity contribution < 1.29 is 14.6 Å². The molecule has 0 bridgehead atoms. The van der Waals surface area contributed by atoms with Crippen LogP contribution in [0, 0.1) is 0 Å². The molecule has 0 N–H and O–H groups in total. The fourth-order valence-corrected chi connectivity index (χ4v) is 0.517. The fourth-order valence-electron chi connectivity index (χ4n) is 0.517. The van der Waals surface area contributed by atoms with Gasteiger partial charge >= 0.3 is 5.97 Å². The Labute approximate surface area is 72.6 Å². The van der Waals surface area contributed by atoms with E-state index in [9.17, 15) is 4.79 Å². The van der Waals surface area contributed by atoms with E-state index in [0.717, 1.165) is 12.5 Å². The van der Waals surface area contributed by atoms with Gasteiger partial charge in [-0.05, 0) is 13.3 Å². The summed E-state index contributed by atoms with van der Waals surface area (Å²) in [7, 11) is 0. The Balaban J connectivity index is 3.56. The van der Waals surface area contributed by atoms with E-state index < -0.39 is 5.97 Å². The van der Waals surface area contributed by atoms with Crippen molar-refractivity contribution in [2.45, 2.75) is 26.4 Å². The molecule has 0 spiro atoms. The highest BCUT2D eigenvalue weighted by atomic mass is 17.2. The van der Waals surface area contributed by atoms with Crippen molar-refractivity contribution in [3.8, 4) is 0 Å². The van der Waals surface area contributed by atoms with Gasteiger partial charge in [0.25, 0.3) is 0 Å². The number of allylic oxidation sites excluding steroid dienone is 1. The number of carbonyl (C=O) groups excluding carboxylic acids is 1. The third-order valence-electron chi connectivity index (χ3n) is 1.09. The maximum Gasteiger partial charge on any atom is 0.365 e. The van der Waals surface area contributed by atoms with Crippen molar-refractivity contribution in [3.63, 3.8) is 0 Å². The number of rotatable bonds is 5. The highest BCUT2D eigenvalue weighted by Crippen LogP contribution is 1.95. The molecule has 0 rings (SSSR count). The molecule has 1 atom stereocenters. The SMILES string of the molecule is C=CC(=O)OOC(C)C=CCC. The van der Waals surface area contributed by atoms with Gasteiger partial charge in [-0.2, -0.15) is 4.89 Å². The molecule has 0 aliphatic heterocycles. The van der Waals surface area contributed by atoms with Crippen LogP contribution in [0.5, 0.6) is 0 Å². The molecule has 68 valence electrons. The molecule has 0 saturated carbocycles. The van der Waals surface area contributed by atoms with Gasteiger partial charge < -0.3 is 0 Å². The largest absolute Gasteiger partial charge is 0.365 e. The van der Waals surface area contributed by atoms with Crippen LogP contribution in [0.2, 0.25) is 0 Å². The first kappa shape index (κ1) is 10.9. The van der Waals surface area contributed by atoms with Crippen LogP contribution in [-0.2, 0) is 14.6 Å². The Morgan fingerprint density at radius 3 is 2.83 bits per heavy atom. The molecule has 0 heterocycles. The summed E-state index contributed by atoms with van der Waals surface area (Å²) in [4.78, 5) is 19.5. The molecule has 0 aromatic carbocycles. The second-order valence-electron chi connectivity index (χ2n) is 2.24. The average Bonchev–Trinajstić information content (AvgIpc) is 2.10. The lowest BCUT2D eigenvalue weighted by molar-refractivity contribution is -0.281. The quantitative estimate of drug-likeness (QED) is 0.274. The Bertz CT molecular complexity index is 173. The van der Waals surface area contributed by atoms with Gasteiger partial charge in [-0.3, -0.25) is 4.89 Å². The average molecular weight is 170 g/mol. The van der Waals surface area contributed by atoms with Gasteiger partial charge in [0.15, 0.2) is 0 Å². The minimum Gasteiger partial charge on any atom is -0.293 e. The molecule has 3 nitrogen and oxygen atoms in total. The van der Waals surface area contributed by atoms with Crippen LogP contribution in [0.25, 0.3) is 0 Å². The van der Waals surface area contributed by atoms with Crippen molar-refractivity contribution in [1.29, 1.82) is 0 Å². The number of hydrogen-bond donors (Lipinski definition) is 0. The topological polar surface area (TPSA) is 35.5 Å². The van der Waals surface area contributed by atoms with Crippen LogP contribution < -0.4 is 0 Å². The standard InChI is InChI=1S/C9H14O3/c1-4-6-7-8(3)11-12-9(10)5-2/h5-8H,2,4H2,1,3H3. The Morgan fingerprint density at radius 2 is 2.33 bits per heavy atom. The maximum absolute atomic E-state index is 10.5. The number of hydrogen-bond acceptors (Lipinski definition) is 3. The minimum atomic E-state index is -0.577. The molecule has 0 amide bonds. The van der Waals surface area contributed by atoms with Crippen LogP contribution in [0.4, 0.5) is 0 Å². The lowest BCUT2D eigenvalue weighted by Crippen LogP contribution is -2.09. The first-order valence-electron chi connectivity index (χ1n) is 3.87. The first-order chi connectivity index (χ1) is 5.70. The van der Waals surface area contributed by atoms with Gasteiger partial charge in [0, 0.05) is 6.08 Å². The van der Waals surface area contributed by atoms with Crippen molar-refractivity contribution >= 4 is 5.97 Å². The molecular weight excluding hydrogens is 156 g/mol. The van der Waals surface area contributed by atoms with E-state index in [-0.39, 0.29) is 6.10 Å². The van der Waals surface area contributed by atoms with E-state index in [2.05, 4.69) is 16.4 Å². The highest BCUT2D eigenvalue weighted by molar-refractivity contribution is 5.80. The summed E-state index contributed by atoms with van der Waals surface area (Å²) in [5.41, 5.74) is 0. The Morgan fingerprint density at radius 1 is 1.67 bits per heavy atom. The molecular formula is C9H14O3. The zero-order valence-corrected chi connectivity index (χ0v) is 7.45. The first-order valence-corrected chi connectivity index (χ1v) is 3.87. The zero-order chi connectivity index (χ0) is 9.40. The molecule has 0 saturated heterocycles. The summed E-state index contributed by atoms with van der Waals surface area (Å²) in [6, 6.07) is 0. The smallest absolute Gasteiger partial charge is 0.293 e. The van der Waals surface area contributed by atoms with E-state index in [1.807, 2.05) is 19.1 Å². The van der Waals surface area contributed by atoms with Gasteiger partial charge in [-0.1, -0.05) is 25.7 Å². The Hall–Kier alpha value is -1.09. The predicted octanol–water partition coefficient (Wildman–Crippen LogP) is 2.00. The van der Waals surface area contributed by atoms with Crippen molar-refractivity contribution in [2.75, 3.05) is 0 Å². The Kier molecular flexibility index (Phi) is 6.01. The minimum absolute atomic E-state index is 0.214. The molecule has 0 aromatic rings. The summed E-state index contributed by atoms with van der Waals surface area (Å²) in [6.45, 7) is 7.02. The summed E-state index contributed by atoms with van der Waals surface area (Å²) < 4.78 is 0. The summed E-state index contributed by atoms with van der Waals surface area (Å²) >= 11 is 0. The monoisotopic (exact) mass is 170 g/mol. The highest BCUT2D eigenvalue weighted by Gasteiger charge is 2.00. The summed E-state index contributed by atoms with van der Waals surface area (Å²) in [6.07, 6.45) is 5.52. The zero-order valence-electron chi connectivity index (χ0n) is 7.45. The normalized spacial score (nSPS) is 12.8. The molecule has 1 unspecified atom stereocenters. The molecule has 0 aliphatic rings. The summed E-state index contributed by atoms with van der Waals surface area (Å²) in [5, 5.41) is 0. The fraction of sp³-hybridized carbons (Fsp3) is 0.444. The van der Waals surface area contributed by atoms with Gasteiger partial charge in [-0.25, -0.2) is 4.79 Å². The lowest BCUT2D eigenvalue weighted by atomic mass is 10.3. The van der Waals surface area contributed by atoms with Gasteiger partial charge in [0.05, 0.1) is 0 Å². The van der Waals surface area contributed by atoms with Gasteiger partial charge in [0.1, 0.15) is 6.10 Å². The van der Waals surface area contributed by atoms with E-state index in [0.29, 0.717) is 0 Å². The predicted molar refractivity (Wildman–Crippen MR) is 46.3 cm³/mol. The van der Waals surface area contributed by atoms with E-state index in [1.165, 1.54) is 0 Å². The van der Waals surface area contributed by atoms with E-state index in [1.54, 1.807) is 6.92 Å². The maximum atomic E-state index is 10.5. The van der Waals surface area contributed by atoms with Crippen LogP contribution in [-0.4, -0.2) is 12.1 Å². The van der Waals surface area contributed by atoms with Crippen molar-refractivity contribution in [3.05, 3.63) is 24.8 Å². The second kappa shape index (κ2) is 6.61. The lowest BCUT2D eigenvalue weighted by Gasteiger charge is -2.04. The third kappa shape index (κ3) is 5.68. The third-order valence-corrected chi connectivity index (χ3v) is 1.09. The molecule has 0 fully saturated rings. The summed E-state index contributed by atoms with van der Waals surface area (Å²) in [5.74, 6) is -0.577. The van der Waals surface area contributed by atoms with Crippen LogP contribution in [0.1, 0.15) is 20.3 Å². The van der Waals surface area contributed by atoms with Crippen LogP contribution in [0.3, 0.4) is 0 Å². The van der Waals surface area contributed by atoms with Crippen molar-refractivity contribution in [2.24, 2.45) is 0 Å². The second-order valence-corrected chi connectivity index (χ2v) is 2.24. The molecule has 0 radical (unpaired) electrons. The molecule has 0 aromatic heterocycles.